The quantitative estimate of drug-likeness (QED) is 0.198. The number of hydrogen-bond acceptors (Lipinski definition) is 5. The lowest BCUT2D eigenvalue weighted by atomic mass is 9.93. The van der Waals surface area contributed by atoms with Crippen LogP contribution in [0.2, 0.25) is 0 Å². The van der Waals surface area contributed by atoms with E-state index in [1.54, 1.807) is 30.8 Å². The van der Waals surface area contributed by atoms with Crippen LogP contribution in [0, 0.1) is 13.8 Å². The summed E-state index contributed by atoms with van der Waals surface area (Å²) >= 11 is 0. The molecule has 1 fully saturated rings. The summed E-state index contributed by atoms with van der Waals surface area (Å²) in [6, 6.07) is 16.3. The number of carbonyl (C=O) groups is 2. The number of carbonyl (C=O) groups excluding carboxylic acids is 2. The van der Waals surface area contributed by atoms with E-state index in [1.807, 2.05) is 32.0 Å². The molecule has 2 amide bonds. The van der Waals surface area contributed by atoms with Crippen LogP contribution in [-0.2, 0) is 10.2 Å². The van der Waals surface area contributed by atoms with Crippen LogP contribution in [0.4, 0.5) is 18.9 Å². The Morgan fingerprint density at radius 2 is 1.62 bits per heavy atom. The van der Waals surface area contributed by atoms with E-state index < -0.39 is 23.4 Å². The third kappa shape index (κ3) is 5.53. The predicted molar refractivity (Wildman–Crippen MR) is 145 cm³/mol. The summed E-state index contributed by atoms with van der Waals surface area (Å²) in [6.07, 6.45) is -4.43. The van der Waals surface area contributed by atoms with Gasteiger partial charge in [0, 0.05) is 22.5 Å². The molecule has 0 bridgehead atoms. The van der Waals surface area contributed by atoms with Crippen LogP contribution >= 0.6 is 0 Å². The molecule has 0 unspecified atom stereocenters. The number of allylic oxidation sites excluding steroid dienone is 1. The maximum Gasteiger partial charge on any atom is 0.398 e. The first-order valence-electron chi connectivity index (χ1n) is 12.6. The van der Waals surface area contributed by atoms with Crippen molar-refractivity contribution in [2.24, 2.45) is 0 Å². The molecule has 0 radical (unpaired) electrons. The number of aryl methyl sites for hydroxylation is 2. The van der Waals surface area contributed by atoms with E-state index in [2.05, 4.69) is 10.6 Å². The maximum absolute atomic E-state index is 13.5. The third-order valence-corrected chi connectivity index (χ3v) is 7.19. The topological polar surface area (TPSA) is 99.7 Å². The lowest BCUT2D eigenvalue weighted by Gasteiger charge is -2.20. The van der Waals surface area contributed by atoms with Gasteiger partial charge >= 0.3 is 6.18 Å². The van der Waals surface area contributed by atoms with Crippen molar-refractivity contribution >= 4 is 17.5 Å². The lowest BCUT2D eigenvalue weighted by molar-refractivity contribution is -0.160. The van der Waals surface area contributed by atoms with E-state index in [0.29, 0.717) is 5.75 Å². The van der Waals surface area contributed by atoms with Crippen LogP contribution < -0.4 is 20.9 Å². The molecule has 1 aliphatic rings. The fourth-order valence-corrected chi connectivity index (χ4v) is 4.84. The molecule has 10 heteroatoms. The molecule has 3 aromatic carbocycles. The minimum Gasteiger partial charge on any atom is -0.496 e. The Morgan fingerprint density at radius 3 is 2.20 bits per heavy atom. The normalized spacial score (nSPS) is 14.6. The van der Waals surface area contributed by atoms with Crippen LogP contribution in [0.1, 0.15) is 46.8 Å². The van der Waals surface area contributed by atoms with Crippen molar-refractivity contribution in [1.82, 2.24) is 10.8 Å². The fraction of sp³-hybridized carbons (Fsp3) is 0.267. The number of halogens is 3. The molecule has 1 saturated carbocycles. The van der Waals surface area contributed by atoms with Crippen LogP contribution in [-0.4, -0.2) is 30.3 Å². The molecule has 0 aliphatic heterocycles. The monoisotopic (exact) mass is 553 g/mol. The molecular formula is C30H30F3N3O4. The highest BCUT2D eigenvalue weighted by Crippen LogP contribution is 2.59. The van der Waals surface area contributed by atoms with Gasteiger partial charge in [0.05, 0.1) is 12.5 Å². The molecule has 4 rings (SSSR count). The molecule has 3 aromatic rings. The predicted octanol–water partition coefficient (Wildman–Crippen LogP) is 6.15. The van der Waals surface area contributed by atoms with E-state index >= 15 is 0 Å². The van der Waals surface area contributed by atoms with Crippen molar-refractivity contribution in [3.8, 4) is 16.9 Å². The number of hydrogen-bond donors (Lipinski definition) is 4. The van der Waals surface area contributed by atoms with Gasteiger partial charge in [-0.1, -0.05) is 30.3 Å². The first-order valence-corrected chi connectivity index (χ1v) is 12.6. The second-order valence-corrected chi connectivity index (χ2v) is 9.86. The van der Waals surface area contributed by atoms with Gasteiger partial charge in [0.15, 0.2) is 0 Å². The molecule has 4 N–H and O–H groups in total. The Morgan fingerprint density at radius 1 is 0.975 bits per heavy atom. The average molecular weight is 554 g/mol. The molecule has 40 heavy (non-hydrogen) atoms. The van der Waals surface area contributed by atoms with Crippen LogP contribution in [0.25, 0.3) is 11.1 Å². The zero-order valence-corrected chi connectivity index (χ0v) is 22.5. The summed E-state index contributed by atoms with van der Waals surface area (Å²) in [5, 5.41) is 14.7. The van der Waals surface area contributed by atoms with Crippen LogP contribution in [0.15, 0.2) is 72.1 Å². The zero-order chi connectivity index (χ0) is 29.2. The number of amides is 2. The fourth-order valence-electron chi connectivity index (χ4n) is 4.84. The summed E-state index contributed by atoms with van der Waals surface area (Å²) in [5.41, 5.74) is 3.62. The highest BCUT2D eigenvalue weighted by atomic mass is 19.4. The standard InChI is InChI=1S/C30H30F3N3O4/c1-17-7-5-8-18(2)25(17)23-15-20(11-12-24(23)40-4)27(37)34-19(3)26(36-39)28(38)35-22-10-6-9-21(16-22)29(13-14-29)30(31,32)33/h5-12,15-16,36,39H,13-14H2,1-4H3,(H,34,37)(H,35,38)/b26-19-. The number of methoxy groups -OCH3 is 1. The molecular weight excluding hydrogens is 523 g/mol. The number of anilines is 1. The number of ether oxygens (including phenoxy) is 1. The number of nitrogens with one attached hydrogen (secondary N) is 3. The molecule has 7 nitrogen and oxygen atoms in total. The van der Waals surface area contributed by atoms with Crippen molar-refractivity contribution < 1.29 is 32.7 Å². The Balaban J connectivity index is 1.56. The minimum absolute atomic E-state index is 0.000417. The molecule has 0 saturated heterocycles. The van der Waals surface area contributed by atoms with Gasteiger partial charge in [0.1, 0.15) is 11.4 Å². The van der Waals surface area contributed by atoms with E-state index in [-0.39, 0.29) is 41.1 Å². The Bertz CT molecular complexity index is 1470. The molecule has 0 atom stereocenters. The lowest BCUT2D eigenvalue weighted by Crippen LogP contribution is -2.31. The number of hydroxylamine groups is 1. The van der Waals surface area contributed by atoms with Crippen LogP contribution in [0.3, 0.4) is 0 Å². The summed E-state index contributed by atoms with van der Waals surface area (Å²) in [4.78, 5) is 26.0. The van der Waals surface area contributed by atoms with Gasteiger partial charge < -0.3 is 15.4 Å². The summed E-state index contributed by atoms with van der Waals surface area (Å²) in [5.74, 6) is -0.810. The van der Waals surface area contributed by atoms with Gasteiger partial charge in [-0.05, 0) is 86.2 Å². The molecule has 0 aromatic heterocycles. The van der Waals surface area contributed by atoms with Gasteiger partial charge in [-0.2, -0.15) is 13.2 Å². The van der Waals surface area contributed by atoms with Gasteiger partial charge in [-0.3, -0.25) is 20.3 Å². The van der Waals surface area contributed by atoms with Gasteiger partial charge in [0.25, 0.3) is 11.8 Å². The second-order valence-electron chi connectivity index (χ2n) is 9.86. The smallest absolute Gasteiger partial charge is 0.398 e. The molecule has 210 valence electrons. The molecule has 0 heterocycles. The highest BCUT2D eigenvalue weighted by molar-refractivity contribution is 6.05. The molecule has 1 aliphatic carbocycles. The largest absolute Gasteiger partial charge is 0.496 e. The number of alkyl halides is 3. The summed E-state index contributed by atoms with van der Waals surface area (Å²) in [6.45, 7) is 5.33. The number of rotatable bonds is 8. The minimum atomic E-state index is -4.40. The van der Waals surface area contributed by atoms with Crippen molar-refractivity contribution in [3.63, 3.8) is 0 Å². The van der Waals surface area contributed by atoms with Crippen molar-refractivity contribution in [1.29, 1.82) is 0 Å². The van der Waals surface area contributed by atoms with Crippen LogP contribution in [0.5, 0.6) is 5.75 Å². The van der Waals surface area contributed by atoms with E-state index in [9.17, 15) is 28.0 Å². The summed E-state index contributed by atoms with van der Waals surface area (Å²) in [7, 11) is 1.54. The zero-order valence-electron chi connectivity index (χ0n) is 22.5. The van der Waals surface area contributed by atoms with E-state index in [4.69, 9.17) is 4.74 Å². The van der Waals surface area contributed by atoms with Crippen molar-refractivity contribution in [2.45, 2.75) is 45.2 Å². The molecule has 0 spiro atoms. The second kappa shape index (κ2) is 11.1. The van der Waals surface area contributed by atoms with Gasteiger partial charge in [-0.25, -0.2) is 0 Å². The van der Waals surface area contributed by atoms with E-state index in [1.165, 1.54) is 31.2 Å². The maximum atomic E-state index is 13.5. The Kier molecular flexibility index (Phi) is 7.93. The Labute approximate surface area is 230 Å². The van der Waals surface area contributed by atoms with Crippen molar-refractivity contribution in [3.05, 3.63) is 94.3 Å². The Hall–Kier alpha value is -4.31. The van der Waals surface area contributed by atoms with Crippen molar-refractivity contribution in [2.75, 3.05) is 12.4 Å². The number of benzene rings is 3. The average Bonchev–Trinajstić information content (AvgIpc) is 3.72. The highest BCUT2D eigenvalue weighted by Gasteiger charge is 2.64. The van der Waals surface area contributed by atoms with Gasteiger partial charge in [0.2, 0.25) is 0 Å². The third-order valence-electron chi connectivity index (χ3n) is 7.19. The first-order chi connectivity index (χ1) is 18.9. The first kappa shape index (κ1) is 28.7. The van der Waals surface area contributed by atoms with Gasteiger partial charge in [-0.15, -0.1) is 0 Å². The van der Waals surface area contributed by atoms with E-state index in [0.717, 1.165) is 22.3 Å². The SMILES string of the molecule is COc1ccc(C(=O)N/C(C)=C(\NO)C(=O)Nc2cccc(C3(C(F)(F)F)CC3)c2)cc1-c1c(C)cccc1C. The summed E-state index contributed by atoms with van der Waals surface area (Å²) < 4.78 is 46.2.